The van der Waals surface area contributed by atoms with E-state index in [0.29, 0.717) is 28.5 Å². The Hall–Kier alpha value is -5.72. The Balaban J connectivity index is 1.13. The van der Waals surface area contributed by atoms with Crippen LogP contribution in [0.4, 0.5) is 5.82 Å². The van der Waals surface area contributed by atoms with Crippen molar-refractivity contribution in [3.05, 3.63) is 106 Å². The van der Waals surface area contributed by atoms with Crippen LogP contribution in [0.15, 0.2) is 84.5 Å². The van der Waals surface area contributed by atoms with E-state index in [1.165, 1.54) is 24.0 Å². The quantitative estimate of drug-likeness (QED) is 0.123. The number of likely N-dealkylation sites (tertiary alicyclic amines) is 1. The number of amides is 4. The van der Waals surface area contributed by atoms with Crippen molar-refractivity contribution in [1.82, 2.24) is 14.7 Å². The summed E-state index contributed by atoms with van der Waals surface area (Å²) in [5.41, 5.74) is 2.73. The number of methoxy groups -OCH3 is 2. The summed E-state index contributed by atoms with van der Waals surface area (Å²) in [6, 6.07) is 20.3. The molecule has 11 nitrogen and oxygen atoms in total. The summed E-state index contributed by atoms with van der Waals surface area (Å²) in [5, 5.41) is 17.1. The number of thiophene rings is 1. The van der Waals surface area contributed by atoms with Crippen molar-refractivity contribution in [2.24, 2.45) is 42.1 Å². The number of benzene rings is 3. The van der Waals surface area contributed by atoms with Gasteiger partial charge in [-0.3, -0.25) is 28.8 Å². The van der Waals surface area contributed by atoms with Crippen LogP contribution in [0.5, 0.6) is 17.2 Å². The Morgan fingerprint density at radius 2 is 1.69 bits per heavy atom. The molecule has 13 heteroatoms. The highest BCUT2D eigenvalue weighted by Crippen LogP contribution is 2.61. The maximum atomic E-state index is 15.1. The molecule has 3 aromatic carbocycles. The highest BCUT2D eigenvalue weighted by molar-refractivity contribution is 7.22. The lowest BCUT2D eigenvalue weighted by Gasteiger charge is -2.47. The first-order chi connectivity index (χ1) is 27.8. The molecule has 1 saturated carbocycles. The van der Waals surface area contributed by atoms with E-state index in [9.17, 15) is 19.5 Å². The number of anilines is 1. The van der Waals surface area contributed by atoms with Crippen LogP contribution >= 0.6 is 22.9 Å². The summed E-state index contributed by atoms with van der Waals surface area (Å²) in [6.45, 7) is 4.02. The Labute approximate surface area is 344 Å². The van der Waals surface area contributed by atoms with E-state index in [4.69, 9.17) is 26.2 Å². The highest BCUT2D eigenvalue weighted by atomic mass is 35.5. The molecule has 4 amide bonds. The van der Waals surface area contributed by atoms with E-state index in [1.54, 1.807) is 41.3 Å². The number of hydrogen-bond acceptors (Lipinski definition) is 9. The third-order valence-electron chi connectivity index (χ3n) is 12.8. The number of ether oxygens (including phenoxy) is 2. The SMILES string of the molecule is COc1cc(C=C[C@H]2C3=CC[C@@H]4C(=O)N(Cc5ccccc5)C(=O)[C@@H]4[C@@H]3C[C@H]3C(=O)N(c4cc(-c5sc6ccc(Cl)cc6c5C)nn4C)C(=O)[C@@]23C)cc(OC)c1O. The molecule has 6 atom stereocenters. The first-order valence-corrected chi connectivity index (χ1v) is 20.4. The summed E-state index contributed by atoms with van der Waals surface area (Å²) >= 11 is 7.90. The highest BCUT2D eigenvalue weighted by Gasteiger charge is 2.67. The standard InChI is InChI=1S/C45H41ClN4O7S/c1-23-29-19-26(46)12-16-36(29)58-40(23)33-21-37(48(3)47-33)50-42(53)32-20-30-27(13-14-28-38(30)43(54)49(41(28)52)22-24-9-7-6-8-10-24)31(45(32,2)44(50)55)15-11-25-17-34(56-4)39(51)35(18-25)57-5/h6-13,15-19,21,28,30-32,38,51H,14,20,22H2,1-5H3/t28-,30+,31-,32-,38-,45-/m0/s1. The van der Waals surface area contributed by atoms with Gasteiger partial charge in [-0.25, -0.2) is 4.90 Å². The van der Waals surface area contributed by atoms with Gasteiger partial charge >= 0.3 is 0 Å². The van der Waals surface area contributed by atoms with Gasteiger partial charge in [-0.1, -0.05) is 65.7 Å². The summed E-state index contributed by atoms with van der Waals surface area (Å²) in [4.78, 5) is 62.0. The van der Waals surface area contributed by atoms with Crippen LogP contribution in [0, 0.1) is 41.9 Å². The maximum absolute atomic E-state index is 15.1. The molecule has 0 bridgehead atoms. The third-order valence-corrected chi connectivity index (χ3v) is 14.4. The molecule has 296 valence electrons. The minimum atomic E-state index is -1.25. The van der Waals surface area contributed by atoms with Gasteiger partial charge in [0.1, 0.15) is 11.5 Å². The molecule has 0 radical (unpaired) electrons. The lowest BCUT2D eigenvalue weighted by atomic mass is 9.52. The number of allylic oxidation sites excluding steroid dienone is 3. The number of rotatable bonds is 8. The number of fused-ring (bicyclic) bond motifs is 5. The fourth-order valence-electron chi connectivity index (χ4n) is 9.86. The Morgan fingerprint density at radius 1 is 0.966 bits per heavy atom. The van der Waals surface area contributed by atoms with E-state index in [1.807, 2.05) is 80.6 Å². The molecule has 0 unspecified atom stereocenters. The second-order valence-electron chi connectivity index (χ2n) is 15.8. The van der Waals surface area contributed by atoms with E-state index < -0.39 is 35.0 Å². The molecule has 0 spiro atoms. The van der Waals surface area contributed by atoms with Gasteiger partial charge in [-0.15, -0.1) is 11.3 Å². The number of aromatic hydroxyl groups is 1. The molecule has 2 aliphatic carbocycles. The minimum Gasteiger partial charge on any atom is -0.502 e. The fourth-order valence-corrected chi connectivity index (χ4v) is 11.2. The number of halogens is 1. The largest absolute Gasteiger partial charge is 0.502 e. The van der Waals surface area contributed by atoms with Crippen molar-refractivity contribution in [2.45, 2.75) is 33.2 Å². The van der Waals surface area contributed by atoms with Crippen LogP contribution in [-0.2, 0) is 32.8 Å². The van der Waals surface area contributed by atoms with Crippen molar-refractivity contribution >= 4 is 68.5 Å². The third kappa shape index (κ3) is 5.63. The van der Waals surface area contributed by atoms with E-state index >= 15 is 4.79 Å². The lowest BCUT2D eigenvalue weighted by Crippen LogP contribution is -2.49. The average Bonchev–Trinajstić information content (AvgIpc) is 3.89. The van der Waals surface area contributed by atoms with Gasteiger partial charge in [-0.2, -0.15) is 5.10 Å². The van der Waals surface area contributed by atoms with Gasteiger partial charge in [0.15, 0.2) is 11.5 Å². The number of phenolic OH excluding ortho intramolecular Hbond substituents is 1. The van der Waals surface area contributed by atoms with Gasteiger partial charge in [0, 0.05) is 28.8 Å². The number of carbonyl (C=O) groups excluding carboxylic acids is 4. The van der Waals surface area contributed by atoms with Crippen LogP contribution in [0.2, 0.25) is 5.02 Å². The summed E-state index contributed by atoms with van der Waals surface area (Å²) in [7, 11) is 4.62. The van der Waals surface area contributed by atoms with E-state index in [-0.39, 0.29) is 53.8 Å². The molecule has 3 fully saturated rings. The Kier molecular flexibility index (Phi) is 9.12. The second kappa shape index (κ2) is 14.0. The Morgan fingerprint density at radius 3 is 2.40 bits per heavy atom. The predicted molar refractivity (Wildman–Crippen MR) is 221 cm³/mol. The number of nitrogens with zero attached hydrogens (tertiary/aromatic N) is 4. The normalized spacial score (nSPS) is 25.4. The average molecular weight is 817 g/mol. The molecule has 2 aliphatic heterocycles. The Bertz CT molecular complexity index is 2610. The van der Waals surface area contributed by atoms with Gasteiger partial charge in [0.25, 0.3) is 0 Å². The first-order valence-electron chi connectivity index (χ1n) is 19.2. The molecule has 4 aliphatic rings. The molecular formula is C45H41ClN4O7S. The zero-order valence-electron chi connectivity index (χ0n) is 32.6. The molecule has 2 aromatic heterocycles. The van der Waals surface area contributed by atoms with Gasteiger partial charge in [-0.05, 0) is 85.0 Å². The van der Waals surface area contributed by atoms with Crippen LogP contribution in [-0.4, -0.2) is 57.6 Å². The van der Waals surface area contributed by atoms with E-state index in [2.05, 4.69) is 0 Å². The van der Waals surface area contributed by atoms with Crippen LogP contribution < -0.4 is 14.4 Å². The van der Waals surface area contributed by atoms with Crippen molar-refractivity contribution < 1.29 is 33.8 Å². The second-order valence-corrected chi connectivity index (χ2v) is 17.3. The first kappa shape index (κ1) is 37.8. The predicted octanol–water partition coefficient (Wildman–Crippen LogP) is 7.96. The zero-order chi connectivity index (χ0) is 40.8. The molecule has 1 N–H and O–H groups in total. The van der Waals surface area contributed by atoms with E-state index in [0.717, 1.165) is 31.7 Å². The maximum Gasteiger partial charge on any atom is 0.242 e. The summed E-state index contributed by atoms with van der Waals surface area (Å²) < 4.78 is 13.5. The number of imide groups is 2. The molecule has 2 saturated heterocycles. The van der Waals surface area contributed by atoms with Gasteiger partial charge in [0.2, 0.25) is 29.4 Å². The topological polar surface area (TPSA) is 131 Å². The number of phenols is 1. The molecule has 9 rings (SSSR count). The monoisotopic (exact) mass is 816 g/mol. The van der Waals surface area contributed by atoms with Crippen molar-refractivity contribution in [1.29, 1.82) is 0 Å². The smallest absolute Gasteiger partial charge is 0.242 e. The van der Waals surface area contributed by atoms with Gasteiger partial charge < -0.3 is 14.6 Å². The summed E-state index contributed by atoms with van der Waals surface area (Å²) in [6.07, 6.45) is 6.34. The molecular weight excluding hydrogens is 776 g/mol. The van der Waals surface area contributed by atoms with Crippen LogP contribution in [0.25, 0.3) is 26.7 Å². The number of aryl methyl sites for hydroxylation is 2. The molecule has 4 heterocycles. The van der Waals surface area contributed by atoms with Crippen LogP contribution in [0.3, 0.4) is 0 Å². The number of hydrogen-bond donors (Lipinski definition) is 1. The lowest BCUT2D eigenvalue weighted by molar-refractivity contribution is -0.141. The van der Waals surface area contributed by atoms with Crippen molar-refractivity contribution in [2.75, 3.05) is 19.1 Å². The zero-order valence-corrected chi connectivity index (χ0v) is 34.1. The van der Waals surface area contributed by atoms with Crippen molar-refractivity contribution in [3.8, 4) is 27.8 Å². The molecule has 5 aromatic rings. The fraction of sp³-hybridized carbons (Fsp3) is 0.311. The minimum absolute atomic E-state index is 0.144. The summed E-state index contributed by atoms with van der Waals surface area (Å²) in [5.74, 6) is -3.71. The van der Waals surface area contributed by atoms with Gasteiger partial charge in [0.05, 0.1) is 48.8 Å². The van der Waals surface area contributed by atoms with Crippen molar-refractivity contribution in [3.63, 3.8) is 0 Å². The molecule has 58 heavy (non-hydrogen) atoms. The number of aromatic nitrogens is 2. The van der Waals surface area contributed by atoms with Crippen LogP contribution in [0.1, 0.15) is 36.5 Å². The number of carbonyl (C=O) groups is 4.